The van der Waals surface area contributed by atoms with Crippen LogP contribution in [-0.2, 0) is 6.54 Å². The van der Waals surface area contributed by atoms with E-state index in [2.05, 4.69) is 38.0 Å². The Kier molecular flexibility index (Phi) is 5.06. The van der Waals surface area contributed by atoms with Gasteiger partial charge in [-0.3, -0.25) is 4.90 Å². The Hall–Kier alpha value is -1.43. The van der Waals surface area contributed by atoms with Gasteiger partial charge in [0.15, 0.2) is 0 Å². The number of benzene rings is 1. The molecule has 0 radical (unpaired) electrons. The number of aromatic nitrogens is 2. The largest absolute Gasteiger partial charge is 0.394 e. The minimum absolute atomic E-state index is 0.125. The summed E-state index contributed by atoms with van der Waals surface area (Å²) in [6, 6.07) is 6.44. The predicted molar refractivity (Wildman–Crippen MR) is 101 cm³/mol. The molecule has 4 rings (SSSR count). The number of rotatable bonds is 4. The molecular formula is C19H25ClN4O. The lowest BCUT2D eigenvalue weighted by atomic mass is 10.1. The molecule has 2 aromatic rings. The summed E-state index contributed by atoms with van der Waals surface area (Å²) < 4.78 is 0. The summed E-state index contributed by atoms with van der Waals surface area (Å²) in [5.74, 6) is 0.868. The number of halogens is 1. The minimum atomic E-state index is 0.125. The van der Waals surface area contributed by atoms with Crippen LogP contribution in [0.4, 0.5) is 5.82 Å². The second-order valence-electron chi connectivity index (χ2n) is 7.14. The van der Waals surface area contributed by atoms with Gasteiger partial charge in [-0.2, -0.15) is 4.98 Å². The van der Waals surface area contributed by atoms with Crippen molar-refractivity contribution < 1.29 is 5.11 Å². The number of hydrogen-bond donors (Lipinski definition) is 1. The molecule has 134 valence electrons. The summed E-state index contributed by atoms with van der Waals surface area (Å²) in [6.07, 6.45) is 5.95. The number of piperidine rings is 1. The van der Waals surface area contributed by atoms with E-state index in [4.69, 9.17) is 11.6 Å². The number of aliphatic hydroxyl groups is 1. The van der Waals surface area contributed by atoms with E-state index in [-0.39, 0.29) is 17.9 Å². The first-order chi connectivity index (χ1) is 12.3. The van der Waals surface area contributed by atoms with E-state index in [1.54, 1.807) is 0 Å². The quantitative estimate of drug-likeness (QED) is 0.848. The highest BCUT2D eigenvalue weighted by Crippen LogP contribution is 2.32. The van der Waals surface area contributed by atoms with Crippen LogP contribution in [0.15, 0.2) is 18.2 Å². The van der Waals surface area contributed by atoms with Gasteiger partial charge in [-0.15, -0.1) is 0 Å². The van der Waals surface area contributed by atoms with Crippen LogP contribution >= 0.6 is 11.6 Å². The molecule has 0 saturated carbocycles. The average Bonchev–Trinajstić information content (AvgIpc) is 3.11. The van der Waals surface area contributed by atoms with Crippen molar-refractivity contribution in [3.8, 4) is 0 Å². The molecule has 1 atom stereocenters. The molecule has 2 fully saturated rings. The maximum Gasteiger partial charge on any atom is 0.224 e. The van der Waals surface area contributed by atoms with Crippen LogP contribution in [0.25, 0.3) is 10.9 Å². The molecule has 0 aliphatic carbocycles. The van der Waals surface area contributed by atoms with E-state index in [0.29, 0.717) is 0 Å². The summed E-state index contributed by atoms with van der Waals surface area (Å²) in [5.41, 5.74) is 2.16. The lowest BCUT2D eigenvalue weighted by Crippen LogP contribution is -2.33. The first-order valence-corrected chi connectivity index (χ1v) is 9.69. The van der Waals surface area contributed by atoms with E-state index >= 15 is 0 Å². The monoisotopic (exact) mass is 360 g/mol. The third kappa shape index (κ3) is 3.46. The molecule has 0 bridgehead atoms. The molecular weight excluding hydrogens is 336 g/mol. The molecule has 0 unspecified atom stereocenters. The Balaban J connectivity index is 1.74. The van der Waals surface area contributed by atoms with E-state index in [1.165, 1.54) is 24.8 Å². The fourth-order valence-electron chi connectivity index (χ4n) is 4.18. The number of likely N-dealkylation sites (tertiary alicyclic amines) is 1. The summed E-state index contributed by atoms with van der Waals surface area (Å²) in [7, 11) is 0. The fourth-order valence-corrected chi connectivity index (χ4v) is 4.34. The molecule has 2 aliphatic heterocycles. The average molecular weight is 361 g/mol. The maximum absolute atomic E-state index is 9.69. The van der Waals surface area contributed by atoms with E-state index < -0.39 is 0 Å². The number of anilines is 1. The van der Waals surface area contributed by atoms with Crippen molar-refractivity contribution in [1.82, 2.24) is 14.9 Å². The molecule has 0 amide bonds. The summed E-state index contributed by atoms with van der Waals surface area (Å²) >= 11 is 6.28. The van der Waals surface area contributed by atoms with Crippen LogP contribution in [-0.4, -0.2) is 52.3 Å². The van der Waals surface area contributed by atoms with Gasteiger partial charge in [-0.25, -0.2) is 4.98 Å². The predicted octanol–water partition coefficient (Wildman–Crippen LogP) is 3.23. The number of nitrogens with zero attached hydrogens (tertiary/aromatic N) is 4. The Morgan fingerprint density at radius 3 is 2.72 bits per heavy atom. The van der Waals surface area contributed by atoms with Gasteiger partial charge in [0.25, 0.3) is 0 Å². The molecule has 25 heavy (non-hydrogen) atoms. The lowest BCUT2D eigenvalue weighted by molar-refractivity contribution is 0.221. The summed E-state index contributed by atoms with van der Waals surface area (Å²) in [4.78, 5) is 13.8. The smallest absolute Gasteiger partial charge is 0.224 e. The Morgan fingerprint density at radius 1 is 1.08 bits per heavy atom. The van der Waals surface area contributed by atoms with Gasteiger partial charge in [-0.1, -0.05) is 18.6 Å². The van der Waals surface area contributed by atoms with Crippen molar-refractivity contribution in [3.63, 3.8) is 0 Å². The number of fused-ring (bicyclic) bond motifs is 1. The van der Waals surface area contributed by atoms with Crippen molar-refractivity contribution in [2.45, 2.75) is 44.7 Å². The van der Waals surface area contributed by atoms with Gasteiger partial charge in [0, 0.05) is 18.5 Å². The van der Waals surface area contributed by atoms with Crippen LogP contribution in [0.3, 0.4) is 0 Å². The summed E-state index contributed by atoms with van der Waals surface area (Å²) in [5, 5.41) is 11.0. The van der Waals surface area contributed by atoms with Gasteiger partial charge in [-0.05, 0) is 62.0 Å². The van der Waals surface area contributed by atoms with Gasteiger partial charge in [0.2, 0.25) is 5.28 Å². The van der Waals surface area contributed by atoms with Gasteiger partial charge in [0.1, 0.15) is 5.82 Å². The van der Waals surface area contributed by atoms with E-state index in [1.807, 2.05) is 0 Å². The van der Waals surface area contributed by atoms with Crippen molar-refractivity contribution in [3.05, 3.63) is 29.0 Å². The molecule has 1 aromatic heterocycles. The third-order valence-corrected chi connectivity index (χ3v) is 5.63. The van der Waals surface area contributed by atoms with Crippen molar-refractivity contribution in [1.29, 1.82) is 0 Å². The molecule has 2 aliphatic rings. The van der Waals surface area contributed by atoms with Crippen molar-refractivity contribution >= 4 is 28.3 Å². The van der Waals surface area contributed by atoms with Crippen molar-refractivity contribution in [2.24, 2.45) is 0 Å². The van der Waals surface area contributed by atoms with E-state index in [0.717, 1.165) is 55.7 Å². The Morgan fingerprint density at radius 2 is 1.92 bits per heavy atom. The molecule has 1 aromatic carbocycles. The van der Waals surface area contributed by atoms with Gasteiger partial charge < -0.3 is 10.0 Å². The Labute approximate surface area is 153 Å². The number of hydrogen-bond acceptors (Lipinski definition) is 5. The van der Waals surface area contributed by atoms with Crippen LogP contribution in [0.5, 0.6) is 0 Å². The molecule has 0 spiro atoms. The number of para-hydroxylation sites is 1. The highest BCUT2D eigenvalue weighted by atomic mass is 35.5. The Bertz CT molecular complexity index is 748. The SMILES string of the molecule is OC[C@@H]1CCCN1c1nc(Cl)nc2c(CN3CCCCC3)cccc12. The molecule has 2 saturated heterocycles. The normalized spacial score (nSPS) is 22.0. The van der Waals surface area contributed by atoms with Crippen LogP contribution in [0.1, 0.15) is 37.7 Å². The van der Waals surface area contributed by atoms with E-state index in [9.17, 15) is 5.11 Å². The zero-order valence-corrected chi connectivity index (χ0v) is 15.3. The number of aliphatic hydroxyl groups excluding tert-OH is 1. The maximum atomic E-state index is 9.69. The molecule has 3 heterocycles. The first-order valence-electron chi connectivity index (χ1n) is 9.31. The highest BCUT2D eigenvalue weighted by molar-refractivity contribution is 6.28. The zero-order chi connectivity index (χ0) is 17.2. The minimum Gasteiger partial charge on any atom is -0.394 e. The highest BCUT2D eigenvalue weighted by Gasteiger charge is 2.27. The van der Waals surface area contributed by atoms with Crippen LogP contribution in [0, 0.1) is 0 Å². The first kappa shape index (κ1) is 17.0. The third-order valence-electron chi connectivity index (χ3n) is 5.47. The second kappa shape index (κ2) is 7.44. The van der Waals surface area contributed by atoms with Crippen LogP contribution < -0.4 is 4.90 Å². The summed E-state index contributed by atoms with van der Waals surface area (Å²) in [6.45, 7) is 4.27. The van der Waals surface area contributed by atoms with Gasteiger partial charge >= 0.3 is 0 Å². The van der Waals surface area contributed by atoms with Crippen molar-refractivity contribution in [2.75, 3.05) is 31.1 Å². The lowest BCUT2D eigenvalue weighted by Gasteiger charge is -2.28. The standard InChI is InChI=1S/C19H25ClN4O/c20-19-21-17-14(12-23-9-2-1-3-10-23)6-4-8-16(17)18(22-19)24-11-5-7-15(24)13-25/h4,6,8,15,25H,1-3,5,7,9-13H2/t15-/m0/s1. The van der Waals surface area contributed by atoms with Crippen LogP contribution in [0.2, 0.25) is 5.28 Å². The zero-order valence-electron chi connectivity index (χ0n) is 14.5. The van der Waals surface area contributed by atoms with Gasteiger partial charge in [0.05, 0.1) is 18.2 Å². The molecule has 1 N–H and O–H groups in total. The second-order valence-corrected chi connectivity index (χ2v) is 7.48. The topological polar surface area (TPSA) is 52.5 Å². The molecule has 5 nitrogen and oxygen atoms in total. The fraction of sp³-hybridized carbons (Fsp3) is 0.579. The molecule has 6 heteroatoms.